The van der Waals surface area contributed by atoms with E-state index in [4.69, 9.17) is 16.3 Å². The van der Waals surface area contributed by atoms with E-state index in [-0.39, 0.29) is 5.91 Å². The fourth-order valence-corrected chi connectivity index (χ4v) is 1.33. The summed E-state index contributed by atoms with van der Waals surface area (Å²) >= 11 is 5.94. The van der Waals surface area contributed by atoms with Crippen LogP contribution in [0.15, 0.2) is 31.0 Å². The molecule has 0 spiro atoms. The first-order valence-corrected chi connectivity index (χ1v) is 4.73. The largest absolute Gasteiger partial charge is 0.466 e. The minimum Gasteiger partial charge on any atom is -0.466 e. The van der Waals surface area contributed by atoms with Gasteiger partial charge in [-0.25, -0.2) is 0 Å². The van der Waals surface area contributed by atoms with E-state index in [0.29, 0.717) is 16.3 Å². The van der Waals surface area contributed by atoms with E-state index >= 15 is 0 Å². The molecular weight excluding hydrogens is 214 g/mol. The average Bonchev–Trinajstić information content (AvgIpc) is 2.17. The molecule has 15 heavy (non-hydrogen) atoms. The molecule has 0 unspecified atom stereocenters. The second-order valence-electron chi connectivity index (χ2n) is 3.13. The monoisotopic (exact) mass is 225 g/mol. The van der Waals surface area contributed by atoms with Gasteiger partial charge in [-0.05, 0) is 12.1 Å². The third kappa shape index (κ3) is 2.73. The van der Waals surface area contributed by atoms with Gasteiger partial charge in [0.2, 0.25) is 0 Å². The summed E-state index contributed by atoms with van der Waals surface area (Å²) in [7, 11) is 3.35. The molecule has 0 saturated carbocycles. The molecule has 80 valence electrons. The number of halogens is 1. The Morgan fingerprint density at radius 3 is 2.67 bits per heavy atom. The molecule has 1 rings (SSSR count). The summed E-state index contributed by atoms with van der Waals surface area (Å²) in [6, 6.07) is 4.88. The summed E-state index contributed by atoms with van der Waals surface area (Å²) < 4.78 is 5.04. The number of carbonyl (C=O) groups excluding carboxylic acids is 1. The zero-order valence-corrected chi connectivity index (χ0v) is 9.41. The molecule has 3 nitrogen and oxygen atoms in total. The van der Waals surface area contributed by atoms with E-state index in [1.807, 2.05) is 0 Å². The van der Waals surface area contributed by atoms with E-state index in [2.05, 4.69) is 6.58 Å². The minimum atomic E-state index is -0.134. The molecule has 0 bridgehead atoms. The van der Waals surface area contributed by atoms with Crippen molar-refractivity contribution in [3.05, 3.63) is 41.6 Å². The number of rotatable bonds is 3. The van der Waals surface area contributed by atoms with Crippen LogP contribution in [-0.4, -0.2) is 24.9 Å². The number of nitrogens with zero attached hydrogens (tertiary/aromatic N) is 1. The molecular formula is C11H12ClNO2. The zero-order chi connectivity index (χ0) is 11.4. The quantitative estimate of drug-likeness (QED) is 0.740. The molecule has 4 heteroatoms. The summed E-state index contributed by atoms with van der Waals surface area (Å²) in [6.07, 6.45) is 1.30. The molecule has 0 saturated heterocycles. The average molecular weight is 226 g/mol. The molecule has 0 aliphatic heterocycles. The van der Waals surface area contributed by atoms with Crippen LogP contribution in [0.5, 0.6) is 5.75 Å². The van der Waals surface area contributed by atoms with Gasteiger partial charge in [-0.15, -0.1) is 0 Å². The number of hydrogen-bond donors (Lipinski definition) is 0. The Morgan fingerprint density at radius 2 is 2.20 bits per heavy atom. The van der Waals surface area contributed by atoms with Crippen molar-refractivity contribution in [1.29, 1.82) is 0 Å². The van der Waals surface area contributed by atoms with Crippen LogP contribution < -0.4 is 4.74 Å². The van der Waals surface area contributed by atoms with Crippen LogP contribution in [-0.2, 0) is 0 Å². The highest BCUT2D eigenvalue weighted by Crippen LogP contribution is 2.23. The van der Waals surface area contributed by atoms with E-state index in [1.165, 1.54) is 11.2 Å². The lowest BCUT2D eigenvalue weighted by Gasteiger charge is -2.11. The fourth-order valence-electron chi connectivity index (χ4n) is 1.08. The van der Waals surface area contributed by atoms with Crippen LogP contribution in [0.1, 0.15) is 10.4 Å². The maximum Gasteiger partial charge on any atom is 0.254 e. The van der Waals surface area contributed by atoms with Gasteiger partial charge in [0.15, 0.2) is 0 Å². The van der Waals surface area contributed by atoms with Crippen molar-refractivity contribution in [2.75, 3.05) is 14.1 Å². The Hall–Kier alpha value is -1.48. The second kappa shape index (κ2) is 4.84. The van der Waals surface area contributed by atoms with Gasteiger partial charge in [-0.2, -0.15) is 0 Å². The number of ether oxygens (including phenoxy) is 1. The Kier molecular flexibility index (Phi) is 3.74. The van der Waals surface area contributed by atoms with Gasteiger partial charge >= 0.3 is 0 Å². The van der Waals surface area contributed by atoms with Crippen LogP contribution in [0.3, 0.4) is 0 Å². The van der Waals surface area contributed by atoms with Crippen molar-refractivity contribution in [2.24, 2.45) is 0 Å². The molecule has 0 radical (unpaired) electrons. The van der Waals surface area contributed by atoms with Crippen molar-refractivity contribution in [3.63, 3.8) is 0 Å². The van der Waals surface area contributed by atoms with E-state index in [0.717, 1.165) is 0 Å². The third-order valence-corrected chi connectivity index (χ3v) is 2.11. The lowest BCUT2D eigenvalue weighted by molar-refractivity contribution is 0.0828. The molecule has 0 atom stereocenters. The maximum atomic E-state index is 11.6. The lowest BCUT2D eigenvalue weighted by Crippen LogP contribution is -2.21. The topological polar surface area (TPSA) is 29.5 Å². The predicted octanol–water partition coefficient (Wildman–Crippen LogP) is 2.56. The van der Waals surface area contributed by atoms with E-state index in [9.17, 15) is 4.79 Å². The number of amides is 1. The third-order valence-electron chi connectivity index (χ3n) is 1.80. The predicted molar refractivity (Wildman–Crippen MR) is 60.3 cm³/mol. The highest BCUT2D eigenvalue weighted by Gasteiger charge is 2.12. The zero-order valence-electron chi connectivity index (χ0n) is 8.66. The van der Waals surface area contributed by atoms with E-state index in [1.54, 1.807) is 32.3 Å². The van der Waals surface area contributed by atoms with Crippen molar-refractivity contribution < 1.29 is 9.53 Å². The summed E-state index contributed by atoms with van der Waals surface area (Å²) in [6.45, 7) is 3.43. The molecule has 0 fully saturated rings. The smallest absolute Gasteiger partial charge is 0.254 e. The Morgan fingerprint density at radius 1 is 1.53 bits per heavy atom. The summed E-state index contributed by atoms with van der Waals surface area (Å²) in [4.78, 5) is 13.1. The molecule has 0 N–H and O–H groups in total. The Bertz CT molecular complexity index is 388. The van der Waals surface area contributed by atoms with Gasteiger partial charge in [0.1, 0.15) is 5.75 Å². The standard InChI is InChI=1S/C11H12ClNO2/c1-4-15-8-5-6-9(10(12)7-8)11(14)13(2)3/h4-7H,1H2,2-3H3. The van der Waals surface area contributed by atoms with Crippen molar-refractivity contribution in [1.82, 2.24) is 4.90 Å². The first-order valence-electron chi connectivity index (χ1n) is 4.35. The summed E-state index contributed by atoms with van der Waals surface area (Å²) in [5.41, 5.74) is 0.457. The second-order valence-corrected chi connectivity index (χ2v) is 3.53. The van der Waals surface area contributed by atoms with Crippen molar-refractivity contribution in [3.8, 4) is 5.75 Å². The van der Waals surface area contributed by atoms with Gasteiger partial charge < -0.3 is 9.64 Å². The summed E-state index contributed by atoms with van der Waals surface area (Å²) in [5, 5.41) is 0.369. The first-order chi connectivity index (χ1) is 7.06. The molecule has 0 aromatic heterocycles. The van der Waals surface area contributed by atoms with Crippen LogP contribution in [0.2, 0.25) is 5.02 Å². The van der Waals surface area contributed by atoms with Crippen LogP contribution in [0, 0.1) is 0 Å². The van der Waals surface area contributed by atoms with Crippen LogP contribution >= 0.6 is 11.6 Å². The van der Waals surface area contributed by atoms with Crippen molar-refractivity contribution >= 4 is 17.5 Å². The number of hydrogen-bond acceptors (Lipinski definition) is 2. The maximum absolute atomic E-state index is 11.6. The Labute approximate surface area is 93.9 Å². The molecule has 0 aliphatic rings. The Balaban J connectivity index is 3.02. The molecule has 0 heterocycles. The normalized spacial score (nSPS) is 9.53. The first kappa shape index (κ1) is 11.6. The molecule has 0 aliphatic carbocycles. The van der Waals surface area contributed by atoms with Crippen LogP contribution in [0.25, 0.3) is 0 Å². The van der Waals surface area contributed by atoms with Crippen molar-refractivity contribution in [2.45, 2.75) is 0 Å². The van der Waals surface area contributed by atoms with E-state index < -0.39 is 0 Å². The molecule has 1 aromatic rings. The van der Waals surface area contributed by atoms with Gasteiger partial charge in [0.05, 0.1) is 16.8 Å². The van der Waals surface area contributed by atoms with Gasteiger partial charge in [0, 0.05) is 20.2 Å². The van der Waals surface area contributed by atoms with Gasteiger partial charge in [-0.1, -0.05) is 18.2 Å². The van der Waals surface area contributed by atoms with Gasteiger partial charge in [-0.3, -0.25) is 4.79 Å². The highest BCUT2D eigenvalue weighted by molar-refractivity contribution is 6.34. The summed E-state index contributed by atoms with van der Waals surface area (Å²) in [5.74, 6) is 0.426. The minimum absolute atomic E-state index is 0.134. The lowest BCUT2D eigenvalue weighted by atomic mass is 10.2. The van der Waals surface area contributed by atoms with Gasteiger partial charge in [0.25, 0.3) is 5.91 Å². The van der Waals surface area contributed by atoms with Crippen LogP contribution in [0.4, 0.5) is 0 Å². The SMILES string of the molecule is C=COc1ccc(C(=O)N(C)C)c(Cl)c1. The number of carbonyl (C=O) groups is 1. The fraction of sp³-hybridized carbons (Fsp3) is 0.182. The number of benzene rings is 1. The highest BCUT2D eigenvalue weighted by atomic mass is 35.5. The molecule has 1 amide bonds. The molecule has 1 aromatic carbocycles.